The van der Waals surface area contributed by atoms with Gasteiger partial charge in [0.15, 0.2) is 5.16 Å². The number of hydrogen-bond donors (Lipinski definition) is 0. The summed E-state index contributed by atoms with van der Waals surface area (Å²) < 4.78 is 6.99. The van der Waals surface area contributed by atoms with Crippen molar-refractivity contribution in [3.8, 4) is 6.07 Å². The molecule has 1 aromatic carbocycles. The highest BCUT2D eigenvalue weighted by Crippen LogP contribution is 2.22. The molecule has 3 rings (SSSR count). The van der Waals surface area contributed by atoms with E-state index < -0.39 is 0 Å². The van der Waals surface area contributed by atoms with Crippen molar-refractivity contribution in [2.45, 2.75) is 44.9 Å². The summed E-state index contributed by atoms with van der Waals surface area (Å²) in [6.07, 6.45) is 2.59. The Hall–Kier alpha value is -2.76. The van der Waals surface area contributed by atoms with E-state index >= 15 is 0 Å². The van der Waals surface area contributed by atoms with Gasteiger partial charge in [0, 0.05) is 18.1 Å². The van der Waals surface area contributed by atoms with Crippen molar-refractivity contribution in [1.82, 2.24) is 14.5 Å². The van der Waals surface area contributed by atoms with Crippen molar-refractivity contribution in [1.29, 1.82) is 5.26 Å². The average Bonchev–Trinajstić information content (AvgIpc) is 3.27. The zero-order chi connectivity index (χ0) is 23.1. The molecule has 9 heteroatoms. The Morgan fingerprint density at radius 2 is 2.19 bits per heavy atom. The molecule has 0 unspecified atom stereocenters. The molecule has 0 saturated heterocycles. The highest BCUT2D eigenvalue weighted by atomic mass is 35.5. The quantitative estimate of drug-likeness (QED) is 0.313. The number of nitriles is 1. The van der Waals surface area contributed by atoms with E-state index in [1.54, 1.807) is 46.1 Å². The van der Waals surface area contributed by atoms with E-state index in [-0.39, 0.29) is 30.2 Å². The van der Waals surface area contributed by atoms with Crippen molar-refractivity contribution in [2.24, 2.45) is 5.92 Å². The van der Waals surface area contributed by atoms with Crippen molar-refractivity contribution in [3.05, 3.63) is 57.7 Å². The molecule has 0 aliphatic heterocycles. The lowest BCUT2D eigenvalue weighted by Crippen LogP contribution is -2.33. The molecule has 0 spiro atoms. The van der Waals surface area contributed by atoms with Crippen molar-refractivity contribution < 1.29 is 9.21 Å². The molecular weight excluding hydrogens is 448 g/mol. The molecule has 0 fully saturated rings. The van der Waals surface area contributed by atoms with Gasteiger partial charge in [0.2, 0.25) is 5.91 Å². The monoisotopic (exact) mass is 472 g/mol. The Bertz CT molecular complexity index is 1170. The van der Waals surface area contributed by atoms with Gasteiger partial charge in [-0.05, 0) is 42.7 Å². The van der Waals surface area contributed by atoms with Crippen LogP contribution in [0.1, 0.15) is 32.4 Å². The van der Waals surface area contributed by atoms with E-state index in [0.29, 0.717) is 45.8 Å². The number of nitrogens with zero attached hydrogens (tertiary/aromatic N) is 4. The summed E-state index contributed by atoms with van der Waals surface area (Å²) in [5.41, 5.74) is 0.370. The number of rotatable bonds is 10. The SMILES string of the molecule is CC(C)CCn1c(SCC(=O)N(CCC#N)Cc2ccco2)nc2cc(Cl)ccc2c1=O. The normalized spacial score (nSPS) is 11.1. The van der Waals surface area contributed by atoms with Gasteiger partial charge >= 0.3 is 0 Å². The molecule has 0 aliphatic rings. The maximum absolute atomic E-state index is 13.1. The van der Waals surface area contributed by atoms with Gasteiger partial charge in [-0.25, -0.2) is 4.98 Å². The summed E-state index contributed by atoms with van der Waals surface area (Å²) in [6, 6.07) is 10.6. The number of aromatic nitrogens is 2. The topological polar surface area (TPSA) is 92.1 Å². The second-order valence-electron chi connectivity index (χ2n) is 7.79. The van der Waals surface area contributed by atoms with E-state index in [0.717, 1.165) is 6.42 Å². The molecule has 7 nitrogen and oxygen atoms in total. The number of thioether (sulfide) groups is 1. The number of benzene rings is 1. The largest absolute Gasteiger partial charge is 0.467 e. The fourth-order valence-corrected chi connectivity index (χ4v) is 4.25. The number of fused-ring (bicyclic) bond motifs is 1. The van der Waals surface area contributed by atoms with Crippen LogP contribution in [0.5, 0.6) is 0 Å². The van der Waals surface area contributed by atoms with Crippen molar-refractivity contribution >= 4 is 40.2 Å². The van der Waals surface area contributed by atoms with Crippen LogP contribution in [0.15, 0.2) is 51.0 Å². The van der Waals surface area contributed by atoms with Crippen LogP contribution in [0.2, 0.25) is 5.02 Å². The van der Waals surface area contributed by atoms with Gasteiger partial charge in [-0.3, -0.25) is 14.2 Å². The molecule has 2 aromatic heterocycles. The molecule has 0 aliphatic carbocycles. The summed E-state index contributed by atoms with van der Waals surface area (Å²) in [6.45, 7) is 5.30. The first-order valence-electron chi connectivity index (χ1n) is 10.4. The van der Waals surface area contributed by atoms with Gasteiger partial charge in [-0.15, -0.1) is 0 Å². The summed E-state index contributed by atoms with van der Waals surface area (Å²) in [5.74, 6) is 0.995. The minimum Gasteiger partial charge on any atom is -0.467 e. The molecule has 2 heterocycles. The third-order valence-electron chi connectivity index (χ3n) is 4.91. The maximum Gasteiger partial charge on any atom is 0.262 e. The van der Waals surface area contributed by atoms with E-state index in [9.17, 15) is 9.59 Å². The zero-order valence-electron chi connectivity index (χ0n) is 18.1. The van der Waals surface area contributed by atoms with Gasteiger partial charge in [0.1, 0.15) is 5.76 Å². The van der Waals surface area contributed by atoms with E-state index in [1.165, 1.54) is 11.8 Å². The van der Waals surface area contributed by atoms with Gasteiger partial charge in [0.25, 0.3) is 5.56 Å². The molecule has 1 amide bonds. The van der Waals surface area contributed by atoms with E-state index in [4.69, 9.17) is 21.3 Å². The smallest absolute Gasteiger partial charge is 0.262 e. The third kappa shape index (κ3) is 6.15. The van der Waals surface area contributed by atoms with Gasteiger partial charge in [0.05, 0.1) is 42.0 Å². The molecule has 168 valence electrons. The first-order valence-corrected chi connectivity index (χ1v) is 11.8. The second-order valence-corrected chi connectivity index (χ2v) is 9.17. The van der Waals surface area contributed by atoms with Crippen LogP contribution in [-0.4, -0.2) is 32.7 Å². The van der Waals surface area contributed by atoms with Crippen molar-refractivity contribution in [3.63, 3.8) is 0 Å². The summed E-state index contributed by atoms with van der Waals surface area (Å²) >= 11 is 7.32. The highest BCUT2D eigenvalue weighted by molar-refractivity contribution is 7.99. The van der Waals surface area contributed by atoms with Gasteiger partial charge in [-0.2, -0.15) is 5.26 Å². The van der Waals surface area contributed by atoms with Crippen LogP contribution >= 0.6 is 23.4 Å². The first kappa shape index (κ1) is 23.9. The average molecular weight is 473 g/mol. The Morgan fingerprint density at radius 3 is 2.88 bits per heavy atom. The minimum absolute atomic E-state index is 0.0896. The van der Waals surface area contributed by atoms with E-state index in [1.807, 2.05) is 0 Å². The maximum atomic E-state index is 13.1. The molecule has 0 N–H and O–H groups in total. The molecular formula is C23H25ClN4O3S. The summed E-state index contributed by atoms with van der Waals surface area (Å²) in [5, 5.41) is 10.4. The number of carbonyl (C=O) groups excluding carboxylic acids is 1. The van der Waals surface area contributed by atoms with Crippen LogP contribution < -0.4 is 5.56 Å². The predicted octanol–water partition coefficient (Wildman–Crippen LogP) is 4.72. The summed E-state index contributed by atoms with van der Waals surface area (Å²) in [4.78, 5) is 32.3. The number of amides is 1. The minimum atomic E-state index is -0.155. The first-order chi connectivity index (χ1) is 15.4. The predicted molar refractivity (Wildman–Crippen MR) is 126 cm³/mol. The Labute approximate surface area is 196 Å². The molecule has 0 atom stereocenters. The van der Waals surface area contributed by atoms with Crippen LogP contribution in [0.4, 0.5) is 0 Å². The number of carbonyl (C=O) groups is 1. The molecule has 0 saturated carbocycles. The summed E-state index contributed by atoms with van der Waals surface area (Å²) in [7, 11) is 0. The lowest BCUT2D eigenvalue weighted by Gasteiger charge is -2.21. The lowest BCUT2D eigenvalue weighted by atomic mass is 10.1. The fraction of sp³-hybridized carbons (Fsp3) is 0.391. The Kier molecular flexibility index (Phi) is 8.37. The molecule has 0 radical (unpaired) electrons. The second kappa shape index (κ2) is 11.2. The Morgan fingerprint density at radius 1 is 1.38 bits per heavy atom. The number of furan rings is 1. The number of halogens is 1. The highest BCUT2D eigenvalue weighted by Gasteiger charge is 2.18. The molecule has 32 heavy (non-hydrogen) atoms. The lowest BCUT2D eigenvalue weighted by molar-refractivity contribution is -0.129. The van der Waals surface area contributed by atoms with Crippen LogP contribution in [0.25, 0.3) is 10.9 Å². The van der Waals surface area contributed by atoms with Crippen LogP contribution in [-0.2, 0) is 17.9 Å². The number of hydrogen-bond acceptors (Lipinski definition) is 6. The van der Waals surface area contributed by atoms with Gasteiger partial charge < -0.3 is 9.32 Å². The third-order valence-corrected chi connectivity index (χ3v) is 6.11. The van der Waals surface area contributed by atoms with E-state index in [2.05, 4.69) is 24.9 Å². The van der Waals surface area contributed by atoms with Crippen LogP contribution in [0.3, 0.4) is 0 Å². The molecule has 0 bridgehead atoms. The zero-order valence-corrected chi connectivity index (χ0v) is 19.7. The fourth-order valence-electron chi connectivity index (χ4n) is 3.15. The van der Waals surface area contributed by atoms with Gasteiger partial charge in [-0.1, -0.05) is 37.2 Å². The van der Waals surface area contributed by atoms with Crippen molar-refractivity contribution in [2.75, 3.05) is 12.3 Å². The van der Waals surface area contributed by atoms with Crippen LogP contribution in [0, 0.1) is 17.2 Å². The molecule has 3 aromatic rings. The Balaban J connectivity index is 1.85. The standard InChI is InChI=1S/C23H25ClN4O3S/c1-16(2)8-11-28-22(30)19-7-6-17(24)13-20(19)26-23(28)32-15-21(29)27(10-4-9-25)14-18-5-3-12-31-18/h3,5-7,12-13,16H,4,8,10-11,14-15H2,1-2H3.